The van der Waals surface area contributed by atoms with E-state index in [1.807, 2.05) is 0 Å². The minimum atomic E-state index is -4.93. The summed E-state index contributed by atoms with van der Waals surface area (Å²) in [5.74, 6) is -1.60. The van der Waals surface area contributed by atoms with Crippen molar-refractivity contribution < 1.29 is 75.8 Å². The van der Waals surface area contributed by atoms with Crippen LogP contribution in [0.4, 0.5) is 0 Å². The number of carbonyl (C=O) groups excluding carboxylic acids is 3. The molecule has 0 aliphatic rings. The molecule has 89 heavy (non-hydrogen) atoms. The zero-order valence-electron chi connectivity index (χ0n) is 55.6. The van der Waals surface area contributed by atoms with Crippen LogP contribution in [0.3, 0.4) is 0 Å². The first-order chi connectivity index (χ1) is 43.2. The van der Waals surface area contributed by atoms with E-state index >= 15 is 0 Å². The molecule has 16 nitrogen and oxygen atoms in total. The Morgan fingerprint density at radius 1 is 0.326 bits per heavy atom. The number of carbonyl (C=O) groups is 3. The van der Waals surface area contributed by atoms with Gasteiger partial charge in [0.05, 0.1) is 26.4 Å². The van der Waals surface area contributed by atoms with Crippen molar-refractivity contribution in [3.63, 3.8) is 0 Å². The zero-order chi connectivity index (χ0) is 65.3. The quantitative estimate of drug-likeness (QED) is 0.0146. The Kier molecular flexibility index (Phi) is 62.0. The Labute approximate surface area is 539 Å². The van der Waals surface area contributed by atoms with Crippen molar-refractivity contribution in [3.05, 3.63) is 97.2 Å². The molecule has 0 spiro atoms. The molecule has 0 saturated heterocycles. The highest BCUT2D eigenvalue weighted by molar-refractivity contribution is 7.47. The van der Waals surface area contributed by atoms with Gasteiger partial charge in [0.25, 0.3) is 0 Å². The van der Waals surface area contributed by atoms with E-state index in [1.165, 1.54) is 51.4 Å². The third kappa shape index (κ3) is 65.8. The molecular formula is C71H124O16P2. The molecular weight excluding hydrogens is 1170 g/mol. The van der Waals surface area contributed by atoms with Gasteiger partial charge in [-0.05, 0) is 122 Å². The Bertz CT molecular complexity index is 2010. The average molecular weight is 1300 g/mol. The molecule has 0 aliphatic carbocycles. The standard InChI is InChI=1S/C71H124O16P2/c1-4-7-10-13-16-19-22-25-27-29-30-31-32-33-34-36-38-40-42-45-48-51-54-57-69(74)81-60-66(72)61-83-88(77,78)84-62-67(73)63-85-89(79,80)86-65-68(87-71(76)59-56-53-50-47-44-39-24-21-18-15-12-9-6-3)64-82-70(75)58-55-52-49-46-43-41-37-35-28-26-23-20-17-14-11-8-5-2/h8,11,16-17,19-21,24-28,30-31,33-34,66-68,72-73H,4-7,9-10,12-15,18,22-23,29,32,35-65H2,1-3H3,(H,77,78)(H,79,80)/b11-8-,19-16-,20-17-,24-21-,27-25-,28-26-,31-30-,34-33-. The molecule has 0 aromatic rings. The summed E-state index contributed by atoms with van der Waals surface area (Å²) in [7, 11) is -9.78. The molecule has 514 valence electrons. The number of esters is 3. The van der Waals surface area contributed by atoms with Crippen molar-refractivity contribution in [3.8, 4) is 0 Å². The number of allylic oxidation sites excluding steroid dienone is 16. The molecule has 4 N–H and O–H groups in total. The molecule has 0 aromatic heterocycles. The summed E-state index contributed by atoms with van der Waals surface area (Å²) in [4.78, 5) is 58.3. The van der Waals surface area contributed by atoms with Gasteiger partial charge in [0.2, 0.25) is 0 Å². The number of aliphatic hydroxyl groups excluding tert-OH is 2. The first kappa shape index (κ1) is 85.5. The van der Waals surface area contributed by atoms with Crippen molar-refractivity contribution in [2.75, 3.05) is 39.6 Å². The van der Waals surface area contributed by atoms with Crippen LogP contribution in [0.15, 0.2) is 97.2 Å². The molecule has 0 rings (SSSR count). The summed E-state index contributed by atoms with van der Waals surface area (Å²) in [6, 6.07) is 0. The topological polar surface area (TPSA) is 231 Å². The highest BCUT2D eigenvalue weighted by atomic mass is 31.2. The minimum absolute atomic E-state index is 0.0916. The Morgan fingerprint density at radius 3 is 0.978 bits per heavy atom. The Hall–Kier alpha value is -3.53. The fraction of sp³-hybridized carbons (Fsp3) is 0.732. The monoisotopic (exact) mass is 1290 g/mol. The number of aliphatic hydroxyl groups is 2. The van der Waals surface area contributed by atoms with Crippen molar-refractivity contribution in [1.82, 2.24) is 0 Å². The van der Waals surface area contributed by atoms with E-state index in [9.17, 15) is 43.5 Å². The normalized spacial score (nSPS) is 14.8. The van der Waals surface area contributed by atoms with Gasteiger partial charge in [-0.15, -0.1) is 0 Å². The molecule has 0 aliphatic heterocycles. The second-order valence-corrected chi connectivity index (χ2v) is 25.8. The largest absolute Gasteiger partial charge is 0.472 e. The molecule has 0 saturated carbocycles. The van der Waals surface area contributed by atoms with E-state index in [1.54, 1.807) is 0 Å². The summed E-state index contributed by atoms with van der Waals surface area (Å²) < 4.78 is 60.9. The zero-order valence-corrected chi connectivity index (χ0v) is 57.4. The first-order valence-corrected chi connectivity index (χ1v) is 37.5. The fourth-order valence-corrected chi connectivity index (χ4v) is 10.6. The smallest absolute Gasteiger partial charge is 0.463 e. The highest BCUT2D eigenvalue weighted by Crippen LogP contribution is 2.45. The summed E-state index contributed by atoms with van der Waals surface area (Å²) in [5.41, 5.74) is 0. The number of phosphoric ester groups is 2. The van der Waals surface area contributed by atoms with Gasteiger partial charge in [-0.25, -0.2) is 9.13 Å². The fourth-order valence-electron chi connectivity index (χ4n) is 8.97. The van der Waals surface area contributed by atoms with Crippen LogP contribution in [-0.4, -0.2) is 95.9 Å². The van der Waals surface area contributed by atoms with Crippen LogP contribution in [0.25, 0.3) is 0 Å². The molecule has 18 heteroatoms. The van der Waals surface area contributed by atoms with Crippen molar-refractivity contribution >= 4 is 33.6 Å². The number of unbranched alkanes of at least 4 members (excludes halogenated alkanes) is 26. The van der Waals surface area contributed by atoms with E-state index in [2.05, 4.69) is 118 Å². The van der Waals surface area contributed by atoms with E-state index in [0.717, 1.165) is 167 Å². The first-order valence-electron chi connectivity index (χ1n) is 34.5. The van der Waals surface area contributed by atoms with E-state index in [-0.39, 0.29) is 19.3 Å². The van der Waals surface area contributed by atoms with E-state index in [4.69, 9.17) is 32.3 Å². The molecule has 0 radical (unpaired) electrons. The minimum Gasteiger partial charge on any atom is -0.463 e. The van der Waals surface area contributed by atoms with Crippen LogP contribution < -0.4 is 0 Å². The lowest BCUT2D eigenvalue weighted by Crippen LogP contribution is -2.30. The van der Waals surface area contributed by atoms with Crippen LogP contribution in [0.1, 0.15) is 278 Å². The summed E-state index contributed by atoms with van der Waals surface area (Å²) in [6.07, 6.45) is 70.3. The molecule has 5 unspecified atom stereocenters. The number of ether oxygens (including phenoxy) is 3. The second-order valence-electron chi connectivity index (χ2n) is 22.9. The van der Waals surface area contributed by atoms with Gasteiger partial charge >= 0.3 is 33.6 Å². The van der Waals surface area contributed by atoms with E-state index in [0.29, 0.717) is 19.3 Å². The number of hydrogen-bond acceptors (Lipinski definition) is 14. The van der Waals surface area contributed by atoms with Crippen LogP contribution in [0.5, 0.6) is 0 Å². The van der Waals surface area contributed by atoms with Crippen LogP contribution in [0.2, 0.25) is 0 Å². The number of hydrogen-bond donors (Lipinski definition) is 4. The predicted octanol–water partition coefficient (Wildman–Crippen LogP) is 19.1. The maximum absolute atomic E-state index is 12.9. The summed E-state index contributed by atoms with van der Waals surface area (Å²) in [6.45, 7) is 2.48. The second kappa shape index (κ2) is 64.6. The van der Waals surface area contributed by atoms with Crippen LogP contribution in [-0.2, 0) is 55.8 Å². The van der Waals surface area contributed by atoms with Gasteiger partial charge in [0.1, 0.15) is 25.4 Å². The lowest BCUT2D eigenvalue weighted by Gasteiger charge is -2.21. The van der Waals surface area contributed by atoms with Crippen LogP contribution in [0, 0.1) is 0 Å². The summed E-state index contributed by atoms with van der Waals surface area (Å²) in [5, 5.41) is 20.5. The molecule has 0 heterocycles. The maximum atomic E-state index is 12.9. The highest BCUT2D eigenvalue weighted by Gasteiger charge is 2.29. The molecule has 0 aromatic carbocycles. The van der Waals surface area contributed by atoms with Gasteiger partial charge in [-0.1, -0.05) is 234 Å². The Morgan fingerprint density at radius 2 is 0.596 bits per heavy atom. The molecule has 0 bridgehead atoms. The third-order valence-electron chi connectivity index (χ3n) is 14.3. The Balaban J connectivity index is 4.60. The molecule has 5 atom stereocenters. The lowest BCUT2D eigenvalue weighted by molar-refractivity contribution is -0.161. The number of rotatable bonds is 65. The van der Waals surface area contributed by atoms with Gasteiger partial charge in [-0.3, -0.25) is 32.5 Å². The summed E-state index contributed by atoms with van der Waals surface area (Å²) >= 11 is 0. The lowest BCUT2D eigenvalue weighted by atomic mass is 10.1. The maximum Gasteiger partial charge on any atom is 0.472 e. The molecule has 0 fully saturated rings. The van der Waals surface area contributed by atoms with Crippen molar-refractivity contribution in [2.24, 2.45) is 0 Å². The van der Waals surface area contributed by atoms with Gasteiger partial charge in [0.15, 0.2) is 6.10 Å². The van der Waals surface area contributed by atoms with Gasteiger partial charge in [0, 0.05) is 19.3 Å². The SMILES string of the molecule is CC/C=C\C/C=C\C/C=C\CCCCCCCCCC(=O)OCC(COP(=O)(O)OCC(O)COP(=O)(O)OCC(O)COC(=O)CCCCCCCCC/C=C\C/C=C\C/C=C\C/C=C\CCCCC)OC(=O)CCCCCCC/C=C\CCCCCC. The van der Waals surface area contributed by atoms with Crippen molar-refractivity contribution in [1.29, 1.82) is 0 Å². The number of phosphoric acid groups is 2. The van der Waals surface area contributed by atoms with Gasteiger partial charge in [-0.2, -0.15) is 0 Å². The van der Waals surface area contributed by atoms with Crippen molar-refractivity contribution in [2.45, 2.75) is 296 Å². The van der Waals surface area contributed by atoms with Gasteiger partial charge < -0.3 is 34.2 Å². The van der Waals surface area contributed by atoms with E-state index < -0.39 is 91.5 Å². The van der Waals surface area contributed by atoms with Crippen LogP contribution >= 0.6 is 15.6 Å². The predicted molar refractivity (Wildman–Crippen MR) is 362 cm³/mol. The third-order valence-corrected chi connectivity index (χ3v) is 16.2. The average Bonchev–Trinajstić information content (AvgIpc) is 3.66. The molecule has 0 amide bonds.